The zero-order valence-corrected chi connectivity index (χ0v) is 10.0. The van der Waals surface area contributed by atoms with Crippen molar-refractivity contribution in [1.82, 2.24) is 4.90 Å². The molecule has 86 valence electrons. The molecule has 0 bridgehead atoms. The summed E-state index contributed by atoms with van der Waals surface area (Å²) in [5.41, 5.74) is 6.90. The predicted octanol–water partition coefficient (Wildman–Crippen LogP) is 1.81. The quantitative estimate of drug-likeness (QED) is 0.728. The minimum Gasteiger partial charge on any atom is -0.349 e. The summed E-state index contributed by atoms with van der Waals surface area (Å²) in [7, 11) is 0. The number of benzene rings is 1. The molecule has 1 heterocycles. The van der Waals surface area contributed by atoms with Gasteiger partial charge in [0.2, 0.25) is 0 Å². The lowest BCUT2D eigenvalue weighted by Gasteiger charge is -2.32. The predicted molar refractivity (Wildman–Crippen MR) is 71.4 cm³/mol. The lowest BCUT2D eigenvalue weighted by Crippen LogP contribution is -2.44. The first-order valence-electron chi connectivity index (χ1n) is 5.62. The van der Waals surface area contributed by atoms with Crippen LogP contribution >= 0.6 is 12.2 Å². The Morgan fingerprint density at radius 3 is 2.50 bits per heavy atom. The first-order valence-corrected chi connectivity index (χ1v) is 6.03. The Balaban J connectivity index is 1.89. The van der Waals surface area contributed by atoms with Crippen LogP contribution < -0.4 is 11.1 Å². The van der Waals surface area contributed by atoms with Gasteiger partial charge in [-0.1, -0.05) is 18.2 Å². The number of rotatable bonds is 1. The van der Waals surface area contributed by atoms with Gasteiger partial charge >= 0.3 is 0 Å². The van der Waals surface area contributed by atoms with E-state index in [0.29, 0.717) is 6.04 Å². The number of hydrogen-bond acceptors (Lipinski definition) is 2. The van der Waals surface area contributed by atoms with Gasteiger partial charge in [0.15, 0.2) is 5.11 Å². The van der Waals surface area contributed by atoms with Crippen molar-refractivity contribution in [2.24, 2.45) is 5.73 Å². The van der Waals surface area contributed by atoms with Crippen LogP contribution in [0.5, 0.6) is 0 Å². The summed E-state index contributed by atoms with van der Waals surface area (Å²) in [4.78, 5) is 2.19. The third kappa shape index (κ3) is 2.93. The Hall–Kier alpha value is -1.13. The highest BCUT2D eigenvalue weighted by Crippen LogP contribution is 2.11. The van der Waals surface area contributed by atoms with E-state index in [0.717, 1.165) is 36.7 Å². The van der Waals surface area contributed by atoms with Gasteiger partial charge in [-0.05, 0) is 37.2 Å². The highest BCUT2D eigenvalue weighted by atomic mass is 32.1. The molecular weight excluding hydrogens is 218 g/mol. The second-order valence-electron chi connectivity index (χ2n) is 4.12. The van der Waals surface area contributed by atoms with E-state index < -0.39 is 0 Å². The van der Waals surface area contributed by atoms with Crippen LogP contribution in [0, 0.1) is 0 Å². The third-order valence-electron chi connectivity index (χ3n) is 2.85. The number of nitrogens with zero attached hydrogens (tertiary/aromatic N) is 1. The van der Waals surface area contributed by atoms with Gasteiger partial charge in [0, 0.05) is 24.8 Å². The van der Waals surface area contributed by atoms with E-state index >= 15 is 0 Å². The van der Waals surface area contributed by atoms with Crippen LogP contribution in [0.25, 0.3) is 0 Å². The Morgan fingerprint density at radius 1 is 1.25 bits per heavy atom. The summed E-state index contributed by atoms with van der Waals surface area (Å²) in [6.07, 6.45) is 2.05. The summed E-state index contributed by atoms with van der Waals surface area (Å²) in [5, 5.41) is 4.05. The molecule has 4 heteroatoms. The van der Waals surface area contributed by atoms with Gasteiger partial charge in [-0.2, -0.15) is 0 Å². The van der Waals surface area contributed by atoms with E-state index in [9.17, 15) is 0 Å². The van der Waals surface area contributed by atoms with Gasteiger partial charge in [0.25, 0.3) is 0 Å². The first-order chi connectivity index (χ1) is 7.75. The van der Waals surface area contributed by atoms with Gasteiger partial charge in [0.05, 0.1) is 0 Å². The van der Waals surface area contributed by atoms with Crippen molar-refractivity contribution in [2.45, 2.75) is 18.9 Å². The molecule has 0 aromatic heterocycles. The fourth-order valence-electron chi connectivity index (χ4n) is 1.83. The van der Waals surface area contributed by atoms with Gasteiger partial charge < -0.3 is 16.0 Å². The number of anilines is 1. The van der Waals surface area contributed by atoms with Crippen molar-refractivity contribution >= 4 is 23.0 Å². The number of likely N-dealkylation sites (tertiary alicyclic amines) is 1. The van der Waals surface area contributed by atoms with Gasteiger partial charge in [0.1, 0.15) is 0 Å². The van der Waals surface area contributed by atoms with E-state index in [1.807, 2.05) is 30.3 Å². The number of nitrogens with one attached hydrogen (secondary N) is 1. The summed E-state index contributed by atoms with van der Waals surface area (Å²) in [5.74, 6) is 0. The van der Waals surface area contributed by atoms with Crippen molar-refractivity contribution in [1.29, 1.82) is 0 Å². The maximum atomic E-state index is 5.86. The fourth-order valence-corrected chi connectivity index (χ4v) is 2.13. The molecule has 1 aliphatic heterocycles. The second kappa shape index (κ2) is 5.27. The molecule has 1 aromatic rings. The van der Waals surface area contributed by atoms with E-state index in [-0.39, 0.29) is 0 Å². The van der Waals surface area contributed by atoms with Crippen LogP contribution in [-0.2, 0) is 0 Å². The lowest BCUT2D eigenvalue weighted by atomic mass is 10.1. The van der Waals surface area contributed by atoms with Crippen molar-refractivity contribution in [2.75, 3.05) is 18.4 Å². The third-order valence-corrected chi connectivity index (χ3v) is 3.21. The molecule has 0 saturated carbocycles. The highest BCUT2D eigenvalue weighted by molar-refractivity contribution is 7.80. The summed E-state index contributed by atoms with van der Waals surface area (Å²) in [6.45, 7) is 1.92. The normalized spacial score (nSPS) is 17.2. The molecule has 3 N–H and O–H groups in total. The standard InChI is InChI=1S/C12H17N3S/c13-10-6-8-15(9-7-10)12(16)14-11-4-2-1-3-5-11/h1-5,10H,6-9,13H2,(H,14,16). The molecule has 1 saturated heterocycles. The van der Waals surface area contributed by atoms with E-state index in [1.54, 1.807) is 0 Å². The number of nitrogens with two attached hydrogens (primary N) is 1. The lowest BCUT2D eigenvalue weighted by molar-refractivity contribution is 0.317. The Kier molecular flexibility index (Phi) is 3.74. The Morgan fingerprint density at radius 2 is 1.88 bits per heavy atom. The Labute approximate surface area is 102 Å². The maximum Gasteiger partial charge on any atom is 0.173 e. The fraction of sp³-hybridized carbons (Fsp3) is 0.417. The molecular formula is C12H17N3S. The zero-order chi connectivity index (χ0) is 11.4. The average Bonchev–Trinajstić information content (AvgIpc) is 2.31. The largest absolute Gasteiger partial charge is 0.349 e. The van der Waals surface area contributed by atoms with E-state index in [4.69, 9.17) is 18.0 Å². The van der Waals surface area contributed by atoms with Crippen LogP contribution in [0.2, 0.25) is 0 Å². The topological polar surface area (TPSA) is 41.3 Å². The highest BCUT2D eigenvalue weighted by Gasteiger charge is 2.17. The molecule has 1 fully saturated rings. The van der Waals surface area contributed by atoms with Crippen molar-refractivity contribution < 1.29 is 0 Å². The number of para-hydroxylation sites is 1. The van der Waals surface area contributed by atoms with E-state index in [2.05, 4.69) is 10.2 Å². The minimum absolute atomic E-state index is 0.343. The van der Waals surface area contributed by atoms with Crippen LogP contribution in [0.1, 0.15) is 12.8 Å². The summed E-state index contributed by atoms with van der Waals surface area (Å²) in [6, 6.07) is 10.4. The smallest absolute Gasteiger partial charge is 0.173 e. The van der Waals surface area contributed by atoms with E-state index in [1.165, 1.54) is 0 Å². The molecule has 3 nitrogen and oxygen atoms in total. The van der Waals surface area contributed by atoms with Crippen molar-refractivity contribution in [3.8, 4) is 0 Å². The molecule has 0 atom stereocenters. The number of piperidine rings is 1. The molecule has 2 rings (SSSR count). The SMILES string of the molecule is NC1CCN(C(=S)Nc2ccccc2)CC1. The first kappa shape index (κ1) is 11.4. The summed E-state index contributed by atoms with van der Waals surface area (Å²) < 4.78 is 0. The molecule has 0 spiro atoms. The molecule has 0 aliphatic carbocycles. The molecule has 0 radical (unpaired) electrons. The maximum absolute atomic E-state index is 5.86. The van der Waals surface area contributed by atoms with Crippen molar-refractivity contribution in [3.63, 3.8) is 0 Å². The van der Waals surface area contributed by atoms with Gasteiger partial charge in [-0.25, -0.2) is 0 Å². The molecule has 1 aliphatic rings. The number of hydrogen-bond donors (Lipinski definition) is 2. The van der Waals surface area contributed by atoms with Crippen molar-refractivity contribution in [3.05, 3.63) is 30.3 Å². The molecule has 1 aromatic carbocycles. The van der Waals surface area contributed by atoms with Gasteiger partial charge in [-0.15, -0.1) is 0 Å². The molecule has 16 heavy (non-hydrogen) atoms. The van der Waals surface area contributed by atoms with Crippen LogP contribution in [-0.4, -0.2) is 29.1 Å². The monoisotopic (exact) mass is 235 g/mol. The average molecular weight is 235 g/mol. The Bertz CT molecular complexity index is 345. The second-order valence-corrected chi connectivity index (χ2v) is 4.51. The molecule has 0 amide bonds. The number of thiocarbonyl (C=S) groups is 1. The molecule has 0 unspecified atom stereocenters. The zero-order valence-electron chi connectivity index (χ0n) is 9.23. The van der Waals surface area contributed by atoms with Crippen LogP contribution in [0.15, 0.2) is 30.3 Å². The van der Waals surface area contributed by atoms with Crippen LogP contribution in [0.4, 0.5) is 5.69 Å². The summed E-state index contributed by atoms with van der Waals surface area (Å²) >= 11 is 5.37. The van der Waals surface area contributed by atoms with Crippen LogP contribution in [0.3, 0.4) is 0 Å². The minimum atomic E-state index is 0.343. The van der Waals surface area contributed by atoms with Gasteiger partial charge in [-0.3, -0.25) is 0 Å².